The van der Waals surface area contributed by atoms with E-state index in [0.29, 0.717) is 16.9 Å². The lowest BCUT2D eigenvalue weighted by Gasteiger charge is -2.25. The SMILES string of the molecule is Cc1ccc(C(=O)NCC2CCC(Cl)CC2)c(C)n1. The van der Waals surface area contributed by atoms with Crippen molar-refractivity contribution in [3.05, 3.63) is 29.1 Å². The third-order valence-electron chi connectivity index (χ3n) is 3.80. The van der Waals surface area contributed by atoms with Gasteiger partial charge in [-0.25, -0.2) is 0 Å². The molecule has 1 fully saturated rings. The van der Waals surface area contributed by atoms with Crippen LogP contribution < -0.4 is 5.32 Å². The van der Waals surface area contributed by atoms with Gasteiger partial charge in [0.05, 0.1) is 11.3 Å². The number of pyridine rings is 1. The molecular formula is C15H21ClN2O. The lowest BCUT2D eigenvalue weighted by atomic mass is 9.89. The smallest absolute Gasteiger partial charge is 0.253 e. The molecule has 1 aliphatic rings. The first-order valence-electron chi connectivity index (χ1n) is 6.93. The van der Waals surface area contributed by atoms with Gasteiger partial charge in [0.15, 0.2) is 0 Å². The zero-order chi connectivity index (χ0) is 13.8. The van der Waals surface area contributed by atoms with Gasteiger partial charge in [-0.2, -0.15) is 0 Å². The largest absolute Gasteiger partial charge is 0.352 e. The van der Waals surface area contributed by atoms with Crippen LogP contribution in [0.4, 0.5) is 0 Å². The average molecular weight is 281 g/mol. The third-order valence-corrected chi connectivity index (χ3v) is 4.23. The molecule has 1 amide bonds. The Labute approximate surface area is 119 Å². The van der Waals surface area contributed by atoms with Gasteiger partial charge >= 0.3 is 0 Å². The minimum Gasteiger partial charge on any atom is -0.352 e. The van der Waals surface area contributed by atoms with Gasteiger partial charge in [0, 0.05) is 17.6 Å². The van der Waals surface area contributed by atoms with E-state index in [0.717, 1.165) is 43.6 Å². The Morgan fingerprint density at radius 2 is 2.00 bits per heavy atom. The summed E-state index contributed by atoms with van der Waals surface area (Å²) in [6.07, 6.45) is 4.35. The molecule has 1 aromatic heterocycles. The molecule has 19 heavy (non-hydrogen) atoms. The number of alkyl halides is 1. The minimum atomic E-state index is -0.0157. The summed E-state index contributed by atoms with van der Waals surface area (Å²) >= 11 is 6.08. The molecule has 0 aromatic carbocycles. The van der Waals surface area contributed by atoms with E-state index < -0.39 is 0 Å². The Hall–Kier alpha value is -1.09. The van der Waals surface area contributed by atoms with Gasteiger partial charge in [0.1, 0.15) is 0 Å². The van der Waals surface area contributed by atoms with Crippen LogP contribution in [-0.4, -0.2) is 22.8 Å². The van der Waals surface area contributed by atoms with Crippen molar-refractivity contribution in [1.82, 2.24) is 10.3 Å². The summed E-state index contributed by atoms with van der Waals surface area (Å²) in [7, 11) is 0. The second-order valence-electron chi connectivity index (χ2n) is 5.41. The number of carbonyl (C=O) groups is 1. The van der Waals surface area contributed by atoms with E-state index in [1.54, 1.807) is 0 Å². The zero-order valence-corrected chi connectivity index (χ0v) is 12.3. The molecule has 0 unspecified atom stereocenters. The molecule has 1 aliphatic carbocycles. The number of amides is 1. The Bertz CT molecular complexity index is 453. The first kappa shape index (κ1) is 14.3. The molecule has 0 atom stereocenters. The van der Waals surface area contributed by atoms with Crippen LogP contribution in [0.1, 0.15) is 47.4 Å². The predicted molar refractivity (Wildman–Crippen MR) is 77.6 cm³/mol. The van der Waals surface area contributed by atoms with Crippen LogP contribution in [-0.2, 0) is 0 Å². The molecule has 4 heteroatoms. The summed E-state index contributed by atoms with van der Waals surface area (Å²) in [5.41, 5.74) is 2.41. The van der Waals surface area contributed by atoms with E-state index in [1.807, 2.05) is 26.0 Å². The summed E-state index contributed by atoms with van der Waals surface area (Å²) in [4.78, 5) is 16.4. The van der Waals surface area contributed by atoms with E-state index >= 15 is 0 Å². The van der Waals surface area contributed by atoms with Crippen LogP contribution in [0.5, 0.6) is 0 Å². The van der Waals surface area contributed by atoms with Gasteiger partial charge in [0.25, 0.3) is 5.91 Å². The van der Waals surface area contributed by atoms with Crippen LogP contribution in [0, 0.1) is 19.8 Å². The number of hydrogen-bond acceptors (Lipinski definition) is 2. The van der Waals surface area contributed by atoms with Crippen molar-refractivity contribution in [2.75, 3.05) is 6.54 Å². The summed E-state index contributed by atoms with van der Waals surface area (Å²) in [6, 6.07) is 3.73. The predicted octanol–water partition coefficient (Wildman–Crippen LogP) is 3.23. The third kappa shape index (κ3) is 3.93. The number of aryl methyl sites for hydroxylation is 2. The summed E-state index contributed by atoms with van der Waals surface area (Å²) < 4.78 is 0. The molecule has 3 nitrogen and oxygen atoms in total. The number of nitrogens with zero attached hydrogens (tertiary/aromatic N) is 1. The summed E-state index contributed by atoms with van der Waals surface area (Å²) in [6.45, 7) is 4.55. The Balaban J connectivity index is 1.87. The Morgan fingerprint density at radius 3 is 2.63 bits per heavy atom. The maximum Gasteiger partial charge on any atom is 0.253 e. The number of carbonyl (C=O) groups excluding carboxylic acids is 1. The number of rotatable bonds is 3. The van der Waals surface area contributed by atoms with Crippen LogP contribution in [0.15, 0.2) is 12.1 Å². The van der Waals surface area contributed by atoms with E-state index in [-0.39, 0.29) is 5.91 Å². The highest BCUT2D eigenvalue weighted by molar-refractivity contribution is 6.20. The molecule has 0 radical (unpaired) electrons. The van der Waals surface area contributed by atoms with Crippen LogP contribution in [0.3, 0.4) is 0 Å². The second kappa shape index (κ2) is 6.38. The maximum atomic E-state index is 12.1. The van der Waals surface area contributed by atoms with E-state index in [1.165, 1.54) is 0 Å². The van der Waals surface area contributed by atoms with E-state index in [2.05, 4.69) is 10.3 Å². The fraction of sp³-hybridized carbons (Fsp3) is 0.600. The lowest BCUT2D eigenvalue weighted by molar-refractivity contribution is 0.0942. The van der Waals surface area contributed by atoms with Crippen molar-refractivity contribution >= 4 is 17.5 Å². The quantitative estimate of drug-likeness (QED) is 0.864. The van der Waals surface area contributed by atoms with Crippen molar-refractivity contribution in [3.8, 4) is 0 Å². The molecule has 104 valence electrons. The molecule has 0 bridgehead atoms. The molecule has 0 aliphatic heterocycles. The molecular weight excluding hydrogens is 260 g/mol. The van der Waals surface area contributed by atoms with Crippen molar-refractivity contribution in [2.45, 2.75) is 44.9 Å². The summed E-state index contributed by atoms with van der Waals surface area (Å²) in [5.74, 6) is 0.552. The highest BCUT2D eigenvalue weighted by atomic mass is 35.5. The van der Waals surface area contributed by atoms with Gasteiger partial charge in [-0.15, -0.1) is 11.6 Å². The van der Waals surface area contributed by atoms with Crippen LogP contribution in [0.25, 0.3) is 0 Å². The van der Waals surface area contributed by atoms with Gasteiger partial charge in [0.2, 0.25) is 0 Å². The monoisotopic (exact) mass is 280 g/mol. The number of halogens is 1. The highest BCUT2D eigenvalue weighted by Gasteiger charge is 2.20. The molecule has 2 rings (SSSR count). The first-order valence-corrected chi connectivity index (χ1v) is 7.36. The van der Waals surface area contributed by atoms with Crippen molar-refractivity contribution in [1.29, 1.82) is 0 Å². The number of nitrogens with one attached hydrogen (secondary N) is 1. The standard InChI is InChI=1S/C15H21ClN2O/c1-10-3-8-14(11(2)18-10)15(19)17-9-12-4-6-13(16)7-5-12/h3,8,12-13H,4-7,9H2,1-2H3,(H,17,19). The molecule has 0 saturated heterocycles. The fourth-order valence-corrected chi connectivity index (χ4v) is 2.84. The van der Waals surface area contributed by atoms with Crippen LogP contribution >= 0.6 is 11.6 Å². The minimum absolute atomic E-state index is 0.0157. The van der Waals surface area contributed by atoms with E-state index in [4.69, 9.17) is 11.6 Å². The van der Waals surface area contributed by atoms with Gasteiger partial charge in [-0.1, -0.05) is 0 Å². The number of aromatic nitrogens is 1. The fourth-order valence-electron chi connectivity index (χ4n) is 2.58. The first-order chi connectivity index (χ1) is 9.06. The topological polar surface area (TPSA) is 42.0 Å². The second-order valence-corrected chi connectivity index (χ2v) is 6.03. The van der Waals surface area contributed by atoms with Gasteiger partial charge in [-0.3, -0.25) is 9.78 Å². The maximum absolute atomic E-state index is 12.1. The van der Waals surface area contributed by atoms with Crippen LogP contribution in [0.2, 0.25) is 0 Å². The molecule has 1 heterocycles. The molecule has 1 N–H and O–H groups in total. The van der Waals surface area contributed by atoms with Crippen molar-refractivity contribution < 1.29 is 4.79 Å². The van der Waals surface area contributed by atoms with Gasteiger partial charge in [-0.05, 0) is 57.6 Å². The van der Waals surface area contributed by atoms with Crippen molar-refractivity contribution in [3.63, 3.8) is 0 Å². The Morgan fingerprint density at radius 1 is 1.32 bits per heavy atom. The zero-order valence-electron chi connectivity index (χ0n) is 11.6. The molecule has 0 spiro atoms. The van der Waals surface area contributed by atoms with E-state index in [9.17, 15) is 4.79 Å². The summed E-state index contributed by atoms with van der Waals surface area (Å²) in [5, 5.41) is 3.35. The Kier molecular flexibility index (Phi) is 4.81. The molecule has 1 saturated carbocycles. The number of hydrogen-bond donors (Lipinski definition) is 1. The van der Waals surface area contributed by atoms with Crippen molar-refractivity contribution in [2.24, 2.45) is 5.92 Å². The highest BCUT2D eigenvalue weighted by Crippen LogP contribution is 2.27. The average Bonchev–Trinajstić information content (AvgIpc) is 2.37. The molecule has 1 aromatic rings. The lowest BCUT2D eigenvalue weighted by Crippen LogP contribution is -2.32. The van der Waals surface area contributed by atoms with Gasteiger partial charge < -0.3 is 5.32 Å². The normalized spacial score (nSPS) is 23.1.